The molecule has 0 aliphatic carbocycles. The molecule has 0 amide bonds. The molecule has 0 aromatic carbocycles. The molecule has 0 unspecified atom stereocenters. The molecule has 0 aromatic rings. The van der Waals surface area contributed by atoms with Crippen LogP contribution in [0, 0.1) is 0 Å². The summed E-state index contributed by atoms with van der Waals surface area (Å²) in [6.45, 7) is 6.51. The van der Waals surface area contributed by atoms with Gasteiger partial charge >= 0.3 is 11.9 Å². The second-order valence-corrected chi connectivity index (χ2v) is 8.29. The normalized spacial score (nSPS) is 11.0. The van der Waals surface area contributed by atoms with Gasteiger partial charge in [-0.2, -0.15) is 0 Å². The summed E-state index contributed by atoms with van der Waals surface area (Å²) in [5.41, 5.74) is 0. The molecule has 0 bridgehead atoms. The quantitative estimate of drug-likeness (QED) is 0.109. The molecule has 0 aliphatic rings. The first-order valence-corrected chi connectivity index (χ1v) is 12.5. The minimum atomic E-state index is -0.705. The summed E-state index contributed by atoms with van der Waals surface area (Å²) in [6, 6.07) is 0. The molecule has 0 saturated heterocycles. The zero-order valence-corrected chi connectivity index (χ0v) is 19.6. The van der Waals surface area contributed by atoms with Gasteiger partial charge in [0.05, 0.1) is 0 Å². The molecule has 0 rings (SSSR count). The highest BCUT2D eigenvalue weighted by atomic mass is 16.7. The van der Waals surface area contributed by atoms with Crippen LogP contribution >= 0.6 is 0 Å². The molecule has 0 aliphatic heterocycles. The number of carbonyl (C=O) groups excluding carboxylic acids is 2. The first-order valence-electron chi connectivity index (χ1n) is 12.5. The molecule has 0 heterocycles. The van der Waals surface area contributed by atoms with Crippen LogP contribution in [0.3, 0.4) is 0 Å². The van der Waals surface area contributed by atoms with Crippen molar-refractivity contribution in [2.75, 3.05) is 0 Å². The Balaban J connectivity index is 3.95. The summed E-state index contributed by atoms with van der Waals surface area (Å²) in [5.74, 6) is -0.466. The van der Waals surface area contributed by atoms with E-state index < -0.39 is 6.29 Å². The van der Waals surface area contributed by atoms with Crippen molar-refractivity contribution in [2.45, 2.75) is 149 Å². The monoisotopic (exact) mass is 412 g/mol. The topological polar surface area (TPSA) is 52.6 Å². The van der Waals surface area contributed by atoms with Crippen LogP contribution in [0.2, 0.25) is 0 Å². The van der Waals surface area contributed by atoms with Crippen molar-refractivity contribution in [2.24, 2.45) is 0 Å². The highest BCUT2D eigenvalue weighted by Gasteiger charge is 2.18. The standard InChI is InChI=1S/C25H48O4/c1-4-7-10-12-14-16-18-20-23(26)28-25(22-9-6-3)29-24(27)21-19-17-15-13-11-8-5-2/h25H,4-22H2,1-3H3. The predicted octanol–water partition coefficient (Wildman–Crippen LogP) is 7.87. The summed E-state index contributed by atoms with van der Waals surface area (Å²) in [5, 5.41) is 0. The Morgan fingerprint density at radius 1 is 0.517 bits per heavy atom. The van der Waals surface area contributed by atoms with Crippen LogP contribution in [0.25, 0.3) is 0 Å². The van der Waals surface area contributed by atoms with Crippen LogP contribution < -0.4 is 0 Å². The van der Waals surface area contributed by atoms with E-state index in [2.05, 4.69) is 20.8 Å². The Kier molecular flexibility index (Phi) is 20.9. The van der Waals surface area contributed by atoms with Gasteiger partial charge in [-0.25, -0.2) is 0 Å². The lowest BCUT2D eigenvalue weighted by molar-refractivity contribution is -0.189. The molecule has 0 spiro atoms. The van der Waals surface area contributed by atoms with E-state index in [1.54, 1.807) is 0 Å². The van der Waals surface area contributed by atoms with Crippen molar-refractivity contribution in [3.8, 4) is 0 Å². The van der Waals surface area contributed by atoms with Crippen molar-refractivity contribution < 1.29 is 19.1 Å². The van der Waals surface area contributed by atoms with Gasteiger partial charge in [-0.1, -0.05) is 104 Å². The third-order valence-corrected chi connectivity index (χ3v) is 5.29. The second kappa shape index (κ2) is 21.6. The average Bonchev–Trinajstić information content (AvgIpc) is 2.70. The van der Waals surface area contributed by atoms with Crippen LogP contribution in [-0.2, 0) is 19.1 Å². The maximum atomic E-state index is 12.1. The van der Waals surface area contributed by atoms with Gasteiger partial charge in [0.1, 0.15) is 0 Å². The Morgan fingerprint density at radius 2 is 0.862 bits per heavy atom. The fourth-order valence-corrected chi connectivity index (χ4v) is 3.38. The summed E-state index contributed by atoms with van der Waals surface area (Å²) in [6.07, 6.45) is 19.0. The van der Waals surface area contributed by atoms with Crippen molar-refractivity contribution in [1.82, 2.24) is 0 Å². The zero-order valence-electron chi connectivity index (χ0n) is 19.6. The van der Waals surface area contributed by atoms with Crippen LogP contribution in [0.15, 0.2) is 0 Å². The lowest BCUT2D eigenvalue weighted by Crippen LogP contribution is -2.24. The minimum absolute atomic E-state index is 0.233. The Morgan fingerprint density at radius 3 is 1.24 bits per heavy atom. The third-order valence-electron chi connectivity index (χ3n) is 5.29. The molecule has 172 valence electrons. The number of hydrogen-bond donors (Lipinski definition) is 0. The fraction of sp³-hybridized carbons (Fsp3) is 0.920. The van der Waals surface area contributed by atoms with Crippen LogP contribution in [0.4, 0.5) is 0 Å². The summed E-state index contributed by atoms with van der Waals surface area (Å²) < 4.78 is 10.9. The van der Waals surface area contributed by atoms with Crippen LogP contribution in [0.1, 0.15) is 143 Å². The number of rotatable bonds is 21. The van der Waals surface area contributed by atoms with E-state index >= 15 is 0 Å². The van der Waals surface area contributed by atoms with Gasteiger partial charge in [0.2, 0.25) is 6.29 Å². The van der Waals surface area contributed by atoms with E-state index in [0.29, 0.717) is 19.3 Å². The molecule has 0 aromatic heterocycles. The van der Waals surface area contributed by atoms with Crippen molar-refractivity contribution in [3.63, 3.8) is 0 Å². The van der Waals surface area contributed by atoms with Gasteiger partial charge in [0.15, 0.2) is 0 Å². The van der Waals surface area contributed by atoms with Gasteiger partial charge in [-0.05, 0) is 19.3 Å². The summed E-state index contributed by atoms with van der Waals surface area (Å²) in [4.78, 5) is 24.2. The largest absolute Gasteiger partial charge is 0.425 e. The Hall–Kier alpha value is -1.06. The van der Waals surface area contributed by atoms with E-state index in [0.717, 1.165) is 38.5 Å². The molecule has 0 N–H and O–H groups in total. The van der Waals surface area contributed by atoms with Crippen molar-refractivity contribution >= 4 is 11.9 Å². The molecule has 0 saturated carbocycles. The number of hydrogen-bond acceptors (Lipinski definition) is 4. The van der Waals surface area contributed by atoms with E-state index in [1.807, 2.05) is 0 Å². The van der Waals surface area contributed by atoms with Gasteiger partial charge in [0, 0.05) is 19.3 Å². The van der Waals surface area contributed by atoms with Crippen molar-refractivity contribution in [3.05, 3.63) is 0 Å². The molecule has 0 radical (unpaired) electrons. The lowest BCUT2D eigenvalue weighted by atomic mass is 10.1. The number of unbranched alkanes of at least 4 members (excludes halogenated alkanes) is 13. The molecule has 29 heavy (non-hydrogen) atoms. The third kappa shape index (κ3) is 20.0. The number of esters is 2. The molecule has 4 heteroatoms. The van der Waals surface area contributed by atoms with E-state index in [9.17, 15) is 9.59 Å². The Labute approximate surface area is 180 Å². The molecule has 0 atom stereocenters. The SMILES string of the molecule is CCCCCCCCCC(=O)OC(CCCC)OC(=O)CCCCCCCCC. The minimum Gasteiger partial charge on any atom is -0.425 e. The predicted molar refractivity (Wildman–Crippen MR) is 121 cm³/mol. The lowest BCUT2D eigenvalue weighted by Gasteiger charge is -2.18. The maximum Gasteiger partial charge on any atom is 0.308 e. The first-order chi connectivity index (χ1) is 14.1. The van der Waals surface area contributed by atoms with Crippen LogP contribution in [-0.4, -0.2) is 18.2 Å². The highest BCUT2D eigenvalue weighted by molar-refractivity contribution is 5.71. The molecular weight excluding hydrogens is 364 g/mol. The van der Waals surface area contributed by atoms with Gasteiger partial charge in [0.25, 0.3) is 0 Å². The fourth-order valence-electron chi connectivity index (χ4n) is 3.38. The number of ether oxygens (including phenoxy) is 2. The summed E-state index contributed by atoms with van der Waals surface area (Å²) >= 11 is 0. The number of carbonyl (C=O) groups is 2. The molecule has 0 fully saturated rings. The zero-order chi connectivity index (χ0) is 21.6. The van der Waals surface area contributed by atoms with E-state index in [-0.39, 0.29) is 11.9 Å². The first kappa shape index (κ1) is 27.9. The highest BCUT2D eigenvalue weighted by Crippen LogP contribution is 2.14. The van der Waals surface area contributed by atoms with Crippen molar-refractivity contribution in [1.29, 1.82) is 0 Å². The maximum absolute atomic E-state index is 12.1. The van der Waals surface area contributed by atoms with E-state index in [1.165, 1.54) is 64.2 Å². The molecule has 4 nitrogen and oxygen atoms in total. The average molecular weight is 413 g/mol. The van der Waals surface area contributed by atoms with Gasteiger partial charge < -0.3 is 9.47 Å². The van der Waals surface area contributed by atoms with E-state index in [4.69, 9.17) is 9.47 Å². The van der Waals surface area contributed by atoms with Gasteiger partial charge in [-0.15, -0.1) is 0 Å². The second-order valence-electron chi connectivity index (χ2n) is 8.29. The van der Waals surface area contributed by atoms with Crippen LogP contribution in [0.5, 0.6) is 0 Å². The van der Waals surface area contributed by atoms with Gasteiger partial charge in [-0.3, -0.25) is 9.59 Å². The Bertz CT molecular complexity index is 349. The smallest absolute Gasteiger partial charge is 0.308 e. The molecular formula is C25H48O4. The summed E-state index contributed by atoms with van der Waals surface area (Å²) in [7, 11) is 0.